The average molecular weight is 1000 g/mol. The smallest absolute Gasteiger partial charge is 0.430 e. The Hall–Kier alpha value is -6.15. The number of carbonyl (C=O) groups excluding carboxylic acids is 8. The van der Waals surface area contributed by atoms with Crippen LogP contribution in [0.4, 0.5) is 26.3 Å². The number of hydrogen-bond donors (Lipinski definition) is 7. The highest BCUT2D eigenvalue weighted by Crippen LogP contribution is 2.27. The fraction of sp³-hybridized carbons (Fsp3) is 0.500. The summed E-state index contributed by atoms with van der Waals surface area (Å²) in [6, 6.07) is 6.15. The van der Waals surface area contributed by atoms with Gasteiger partial charge in [0.05, 0.1) is 40.1 Å². The maximum atomic E-state index is 11.6. The molecule has 0 saturated carbocycles. The summed E-state index contributed by atoms with van der Waals surface area (Å²) < 4.78 is 90.4. The van der Waals surface area contributed by atoms with Crippen molar-refractivity contribution in [2.75, 3.05) is 27.4 Å². The van der Waals surface area contributed by atoms with E-state index in [1.807, 2.05) is 0 Å². The van der Waals surface area contributed by atoms with Crippen molar-refractivity contribution in [3.05, 3.63) is 60.2 Å². The van der Waals surface area contributed by atoms with Crippen LogP contribution in [0.1, 0.15) is 58.9 Å². The number of hydrogen-bond acceptors (Lipinski definition) is 20. The molecule has 0 aromatic carbocycles. The number of nitrogens with zero attached hydrogens (tertiary/aromatic N) is 2. The standard InChI is InChI=1S/C16H20N2O8.C11H14N2O5.C5H7ClO3.2C2HF3O2/c1-24-11(19)4-5-12(20)25-8-10-13(21)14(22)16(26-10)18-6-2-3-9(7-18)15(17)23;12-10(17)6-2-1-3-13(4-6)11-9(16)8(15)7(5-14)18-11;1-9-5(8)3-2-4(6)7;2*3-2(4,5)1(6)7/h2-3,6-7,10,13-14,16,21-22H,4-5,8H2,1H3,(H-,17,23);1-4,7-9,11,14-16H,5H2,(H-,12,17);2-3H2,1H3;2*(H,6,7)/t10-,13-,14-,16-;7-,8-,9-,11-;;;/m11.../s1. The van der Waals surface area contributed by atoms with Crippen LogP contribution in [0.2, 0.25) is 0 Å². The summed E-state index contributed by atoms with van der Waals surface area (Å²) >= 11 is 4.93. The van der Waals surface area contributed by atoms with E-state index in [9.17, 15) is 75.5 Å². The van der Waals surface area contributed by atoms with Crippen molar-refractivity contribution in [3.8, 4) is 0 Å². The minimum atomic E-state index is -5.19. The number of alkyl halides is 6. The molecule has 2 aliphatic rings. The summed E-state index contributed by atoms with van der Waals surface area (Å²) in [5.74, 6) is -8.88. The lowest BCUT2D eigenvalue weighted by atomic mass is 10.1. The summed E-state index contributed by atoms with van der Waals surface area (Å²) in [7, 11) is 2.48. The predicted molar refractivity (Wildman–Crippen MR) is 196 cm³/mol. The molecule has 0 spiro atoms. The van der Waals surface area contributed by atoms with Crippen LogP contribution in [0.25, 0.3) is 0 Å². The number of aliphatic hydroxyl groups excluding tert-OH is 5. The van der Waals surface area contributed by atoms with Gasteiger partial charge in [-0.2, -0.15) is 35.5 Å². The summed E-state index contributed by atoms with van der Waals surface area (Å²) in [5, 5.41) is 65.7. The molecule has 24 nitrogen and oxygen atoms in total. The quantitative estimate of drug-likeness (QED) is 0.0325. The highest BCUT2D eigenvalue weighted by Gasteiger charge is 2.49. The second-order valence-electron chi connectivity index (χ2n) is 12.8. The zero-order valence-electron chi connectivity index (χ0n) is 34.5. The topological polar surface area (TPSA) is 390 Å². The van der Waals surface area contributed by atoms with Crippen molar-refractivity contribution in [2.24, 2.45) is 11.5 Å². The van der Waals surface area contributed by atoms with E-state index < -0.39 is 115 Å². The molecule has 4 heterocycles. The van der Waals surface area contributed by atoms with Crippen LogP contribution < -0.4 is 30.8 Å². The SMILES string of the molecule is COC(=O)CCC(=O)Cl.COC(=O)CCC(=O)OC[C@H]1O[C@@H]([n+]2cccc(C(N)=O)c2)[C@H](O)[C@@H]1O.NC(=O)c1ccc[n+]([C@@H]2O[C@H](CO)[C@@H](O)[C@H]2O)c1.O=C([O-])C(F)(F)F.O=C([O-])C(F)(F)F. The number of methoxy groups -OCH3 is 2. The summed E-state index contributed by atoms with van der Waals surface area (Å²) in [4.78, 5) is 82.8. The van der Waals surface area contributed by atoms with Gasteiger partial charge < -0.3 is 80.5 Å². The van der Waals surface area contributed by atoms with Gasteiger partial charge in [0.2, 0.25) is 5.24 Å². The molecule has 376 valence electrons. The molecule has 31 heteroatoms. The van der Waals surface area contributed by atoms with Crippen molar-refractivity contribution in [3.63, 3.8) is 0 Å². The normalized spacial score (nSPS) is 21.6. The van der Waals surface area contributed by atoms with E-state index in [0.717, 1.165) is 0 Å². The highest BCUT2D eigenvalue weighted by molar-refractivity contribution is 6.63. The van der Waals surface area contributed by atoms with Gasteiger partial charge in [0.25, 0.3) is 24.3 Å². The first kappa shape index (κ1) is 60.9. The Bertz CT molecular complexity index is 1970. The van der Waals surface area contributed by atoms with Gasteiger partial charge in [0, 0.05) is 18.6 Å². The van der Waals surface area contributed by atoms with Crippen molar-refractivity contribution < 1.29 is 133 Å². The Balaban J connectivity index is 0.000000914. The molecule has 67 heavy (non-hydrogen) atoms. The van der Waals surface area contributed by atoms with Crippen molar-refractivity contribution in [2.45, 2.75) is 87.1 Å². The molecule has 0 radical (unpaired) electrons. The largest absolute Gasteiger partial charge is 0.542 e. The second-order valence-corrected chi connectivity index (χ2v) is 13.3. The Labute approximate surface area is 377 Å². The number of carboxylic acids is 2. The van der Waals surface area contributed by atoms with Crippen molar-refractivity contribution >= 4 is 58.5 Å². The van der Waals surface area contributed by atoms with Gasteiger partial charge in [-0.15, -0.1) is 0 Å². The number of pyridine rings is 2. The molecule has 8 atom stereocenters. The van der Waals surface area contributed by atoms with Gasteiger partial charge in [-0.3, -0.25) is 28.8 Å². The highest BCUT2D eigenvalue weighted by atomic mass is 35.5. The van der Waals surface area contributed by atoms with Crippen LogP contribution in [0.5, 0.6) is 0 Å². The van der Waals surface area contributed by atoms with Gasteiger partial charge >= 0.3 is 30.3 Å². The minimum absolute atomic E-state index is 0.0498. The lowest BCUT2D eigenvalue weighted by molar-refractivity contribution is -0.766. The number of primary amides is 2. The van der Waals surface area contributed by atoms with E-state index in [0.29, 0.717) is 0 Å². The van der Waals surface area contributed by atoms with E-state index in [2.05, 4.69) is 9.47 Å². The van der Waals surface area contributed by atoms with Crippen LogP contribution in [0.3, 0.4) is 0 Å². The zero-order chi connectivity index (χ0) is 52.0. The van der Waals surface area contributed by atoms with Crippen LogP contribution >= 0.6 is 11.6 Å². The number of amides is 2. The Kier molecular flexibility index (Phi) is 26.1. The molecular weight excluding hydrogens is 958 g/mol. The van der Waals surface area contributed by atoms with Gasteiger partial charge in [0.15, 0.2) is 37.0 Å². The molecule has 0 unspecified atom stereocenters. The second kappa shape index (κ2) is 28.8. The van der Waals surface area contributed by atoms with Gasteiger partial charge in [0.1, 0.15) is 54.1 Å². The third-order valence-corrected chi connectivity index (χ3v) is 8.23. The molecule has 2 saturated heterocycles. The fourth-order valence-electron chi connectivity index (χ4n) is 4.69. The number of ether oxygens (including phenoxy) is 5. The molecule has 9 N–H and O–H groups in total. The maximum Gasteiger partial charge on any atom is 0.430 e. The Morgan fingerprint density at radius 3 is 1.31 bits per heavy atom. The van der Waals surface area contributed by atoms with E-state index in [-0.39, 0.29) is 43.4 Å². The number of rotatable bonds is 13. The molecular formula is C36H43ClF6N4O20. The molecule has 2 amide bonds. The average Bonchev–Trinajstić information content (AvgIpc) is 3.72. The number of aromatic nitrogens is 2. The Morgan fingerprint density at radius 1 is 0.657 bits per heavy atom. The molecule has 0 aliphatic carbocycles. The number of carboxylic acid groups (broad SMARTS) is 2. The van der Waals surface area contributed by atoms with Crippen LogP contribution in [0.15, 0.2) is 49.1 Å². The molecule has 2 aliphatic heterocycles. The summed E-state index contributed by atoms with van der Waals surface area (Å²) in [6.45, 7) is -0.699. The van der Waals surface area contributed by atoms with Crippen molar-refractivity contribution in [1.29, 1.82) is 0 Å². The predicted octanol–water partition coefficient (Wildman–Crippen LogP) is -4.82. The van der Waals surface area contributed by atoms with Crippen molar-refractivity contribution in [1.82, 2.24) is 0 Å². The number of carbonyl (C=O) groups is 8. The first-order chi connectivity index (χ1) is 30.9. The molecule has 2 aromatic rings. The molecule has 2 aromatic heterocycles. The zero-order valence-corrected chi connectivity index (χ0v) is 35.3. The third-order valence-electron chi connectivity index (χ3n) is 8.04. The maximum absolute atomic E-state index is 11.6. The number of nitrogens with two attached hydrogens (primary N) is 2. The van der Waals surface area contributed by atoms with Gasteiger partial charge in [-0.25, -0.2) is 0 Å². The molecule has 2 fully saturated rings. The van der Waals surface area contributed by atoms with Crippen LogP contribution in [-0.2, 0) is 52.5 Å². The number of halogens is 7. The lowest BCUT2D eigenvalue weighted by Crippen LogP contribution is -2.46. The van der Waals surface area contributed by atoms with E-state index >= 15 is 0 Å². The number of esters is 3. The first-order valence-corrected chi connectivity index (χ1v) is 18.6. The van der Waals surface area contributed by atoms with Gasteiger partial charge in [-0.1, -0.05) is 0 Å². The first-order valence-electron chi connectivity index (χ1n) is 18.2. The molecule has 4 rings (SSSR count). The Morgan fingerprint density at radius 2 is 1.00 bits per heavy atom. The molecule has 0 bridgehead atoms. The van der Waals surface area contributed by atoms with E-state index in [1.165, 1.54) is 54.1 Å². The van der Waals surface area contributed by atoms with Gasteiger partial charge in [-0.05, 0) is 23.7 Å². The fourth-order valence-corrected chi connectivity index (χ4v) is 4.78. The monoisotopic (exact) mass is 1000 g/mol. The lowest BCUT2D eigenvalue weighted by Gasteiger charge is -2.13. The van der Waals surface area contributed by atoms with E-state index in [4.69, 9.17) is 62.2 Å². The number of aliphatic carboxylic acids is 2. The van der Waals surface area contributed by atoms with Crippen LogP contribution in [-0.4, -0.2) is 149 Å². The summed E-state index contributed by atoms with van der Waals surface area (Å²) in [6.07, 6.45) is -13.3. The minimum Gasteiger partial charge on any atom is -0.542 e. The van der Waals surface area contributed by atoms with E-state index in [1.54, 1.807) is 18.3 Å². The number of aliphatic hydroxyl groups is 5. The van der Waals surface area contributed by atoms with Crippen LogP contribution in [0, 0.1) is 0 Å². The third kappa shape index (κ3) is 22.3. The summed E-state index contributed by atoms with van der Waals surface area (Å²) in [5.41, 5.74) is 10.8.